The quantitative estimate of drug-likeness (QED) is 0.725. The second-order valence-electron chi connectivity index (χ2n) is 4.19. The average Bonchev–Trinajstić information content (AvgIpc) is 2.34. The SMILES string of the molecule is CC(CNC(=O)OCCO)N1CCCCC1. The van der Waals surface area contributed by atoms with Crippen molar-refractivity contribution in [3.05, 3.63) is 0 Å². The van der Waals surface area contributed by atoms with E-state index in [1.54, 1.807) is 0 Å². The lowest BCUT2D eigenvalue weighted by Crippen LogP contribution is -2.44. The van der Waals surface area contributed by atoms with Gasteiger partial charge in [-0.2, -0.15) is 0 Å². The molecule has 0 saturated carbocycles. The van der Waals surface area contributed by atoms with Crippen LogP contribution in [-0.2, 0) is 4.74 Å². The molecule has 1 fully saturated rings. The summed E-state index contributed by atoms with van der Waals surface area (Å²) in [5, 5.41) is 11.2. The van der Waals surface area contributed by atoms with Crippen LogP contribution >= 0.6 is 0 Å². The zero-order valence-corrected chi connectivity index (χ0v) is 9.95. The van der Waals surface area contributed by atoms with Crippen LogP contribution in [0.3, 0.4) is 0 Å². The molecule has 0 aromatic heterocycles. The maximum absolute atomic E-state index is 11.1. The maximum atomic E-state index is 11.1. The van der Waals surface area contributed by atoms with Crippen molar-refractivity contribution in [2.24, 2.45) is 0 Å². The van der Waals surface area contributed by atoms with E-state index in [0.717, 1.165) is 13.1 Å². The number of piperidine rings is 1. The summed E-state index contributed by atoms with van der Waals surface area (Å²) < 4.78 is 4.71. The molecule has 0 aromatic carbocycles. The highest BCUT2D eigenvalue weighted by Crippen LogP contribution is 2.11. The van der Waals surface area contributed by atoms with Gasteiger partial charge in [0.2, 0.25) is 0 Å². The number of amides is 1. The zero-order valence-electron chi connectivity index (χ0n) is 9.95. The van der Waals surface area contributed by atoms with Gasteiger partial charge < -0.3 is 15.2 Å². The molecule has 1 aliphatic rings. The first kappa shape index (κ1) is 13.3. The molecule has 1 rings (SSSR count). The van der Waals surface area contributed by atoms with Crippen LogP contribution in [0, 0.1) is 0 Å². The minimum Gasteiger partial charge on any atom is -0.447 e. The van der Waals surface area contributed by atoms with Crippen molar-refractivity contribution < 1.29 is 14.6 Å². The molecule has 0 spiro atoms. The lowest BCUT2D eigenvalue weighted by atomic mass is 10.1. The van der Waals surface area contributed by atoms with E-state index in [9.17, 15) is 4.79 Å². The molecule has 5 nitrogen and oxygen atoms in total. The predicted molar refractivity (Wildman–Crippen MR) is 61.3 cm³/mol. The van der Waals surface area contributed by atoms with Crippen LogP contribution in [0.5, 0.6) is 0 Å². The fourth-order valence-electron chi connectivity index (χ4n) is 1.91. The highest BCUT2D eigenvalue weighted by Gasteiger charge is 2.17. The van der Waals surface area contributed by atoms with Gasteiger partial charge in [-0.25, -0.2) is 4.79 Å². The van der Waals surface area contributed by atoms with Gasteiger partial charge in [-0.3, -0.25) is 4.90 Å². The summed E-state index contributed by atoms with van der Waals surface area (Å²) in [6.45, 7) is 4.88. The first-order chi connectivity index (χ1) is 7.74. The lowest BCUT2D eigenvalue weighted by Gasteiger charge is -2.32. The Morgan fingerprint density at radius 1 is 1.44 bits per heavy atom. The van der Waals surface area contributed by atoms with Gasteiger partial charge in [0.1, 0.15) is 6.61 Å². The summed E-state index contributed by atoms with van der Waals surface area (Å²) in [4.78, 5) is 13.5. The number of hydrogen-bond donors (Lipinski definition) is 2. The Hall–Kier alpha value is -0.810. The monoisotopic (exact) mass is 230 g/mol. The second-order valence-corrected chi connectivity index (χ2v) is 4.19. The fraction of sp³-hybridized carbons (Fsp3) is 0.909. The van der Waals surface area contributed by atoms with Gasteiger partial charge >= 0.3 is 6.09 Å². The molecule has 1 atom stereocenters. The molecule has 0 aliphatic carbocycles. The molecule has 1 aliphatic heterocycles. The predicted octanol–water partition coefficient (Wildman–Crippen LogP) is 0.579. The Morgan fingerprint density at radius 2 is 2.12 bits per heavy atom. The molecular formula is C11H22N2O3. The minimum absolute atomic E-state index is 0.0595. The van der Waals surface area contributed by atoms with Crippen molar-refractivity contribution in [1.29, 1.82) is 0 Å². The molecule has 1 unspecified atom stereocenters. The number of ether oxygens (including phenoxy) is 1. The van der Waals surface area contributed by atoms with Crippen molar-refractivity contribution in [2.45, 2.75) is 32.2 Å². The van der Waals surface area contributed by atoms with Crippen LogP contribution in [0.15, 0.2) is 0 Å². The topological polar surface area (TPSA) is 61.8 Å². The van der Waals surface area contributed by atoms with Gasteiger partial charge in [-0.05, 0) is 32.9 Å². The van der Waals surface area contributed by atoms with E-state index in [0.29, 0.717) is 12.6 Å². The van der Waals surface area contributed by atoms with Crippen molar-refractivity contribution >= 4 is 6.09 Å². The third-order valence-electron chi connectivity index (χ3n) is 2.88. The van der Waals surface area contributed by atoms with Crippen molar-refractivity contribution in [3.63, 3.8) is 0 Å². The summed E-state index contributed by atoms with van der Waals surface area (Å²) in [7, 11) is 0. The molecular weight excluding hydrogens is 208 g/mol. The summed E-state index contributed by atoms with van der Waals surface area (Å²) in [6, 6.07) is 0.349. The molecule has 2 N–H and O–H groups in total. The zero-order chi connectivity index (χ0) is 11.8. The number of likely N-dealkylation sites (tertiary alicyclic amines) is 1. The van der Waals surface area contributed by atoms with Crippen LogP contribution in [0.4, 0.5) is 4.79 Å². The molecule has 5 heteroatoms. The van der Waals surface area contributed by atoms with E-state index in [4.69, 9.17) is 9.84 Å². The highest BCUT2D eigenvalue weighted by atomic mass is 16.6. The Bertz CT molecular complexity index is 205. The van der Waals surface area contributed by atoms with E-state index in [1.165, 1.54) is 19.3 Å². The Balaban J connectivity index is 2.13. The number of rotatable bonds is 5. The first-order valence-corrected chi connectivity index (χ1v) is 5.99. The summed E-state index contributed by atoms with van der Waals surface area (Å²) in [5.41, 5.74) is 0. The largest absolute Gasteiger partial charge is 0.447 e. The first-order valence-electron chi connectivity index (χ1n) is 5.99. The molecule has 0 bridgehead atoms. The number of carbonyl (C=O) groups is 1. The number of carbonyl (C=O) groups excluding carboxylic acids is 1. The van der Waals surface area contributed by atoms with E-state index in [-0.39, 0.29) is 13.2 Å². The Labute approximate surface area is 96.8 Å². The Kier molecular flexibility index (Phi) is 6.18. The smallest absolute Gasteiger partial charge is 0.407 e. The van der Waals surface area contributed by atoms with E-state index < -0.39 is 6.09 Å². The third-order valence-corrected chi connectivity index (χ3v) is 2.88. The average molecular weight is 230 g/mol. The lowest BCUT2D eigenvalue weighted by molar-refractivity contribution is 0.113. The van der Waals surface area contributed by atoms with E-state index >= 15 is 0 Å². The number of hydrogen-bond acceptors (Lipinski definition) is 4. The summed E-state index contributed by atoms with van der Waals surface area (Å²) in [5.74, 6) is 0. The summed E-state index contributed by atoms with van der Waals surface area (Å²) >= 11 is 0. The van der Waals surface area contributed by atoms with Crippen LogP contribution in [0.2, 0.25) is 0 Å². The molecule has 94 valence electrons. The molecule has 0 aromatic rings. The molecule has 0 radical (unpaired) electrons. The molecule has 1 saturated heterocycles. The van der Waals surface area contributed by atoms with Gasteiger partial charge in [0.25, 0.3) is 0 Å². The number of aliphatic hydroxyl groups excluding tert-OH is 1. The van der Waals surface area contributed by atoms with Gasteiger partial charge in [0.05, 0.1) is 6.61 Å². The van der Waals surface area contributed by atoms with Crippen LogP contribution in [0.25, 0.3) is 0 Å². The van der Waals surface area contributed by atoms with Crippen molar-refractivity contribution in [2.75, 3.05) is 32.8 Å². The van der Waals surface area contributed by atoms with Gasteiger partial charge in [-0.15, -0.1) is 0 Å². The van der Waals surface area contributed by atoms with E-state index in [1.807, 2.05) is 0 Å². The number of nitrogens with zero attached hydrogens (tertiary/aromatic N) is 1. The normalized spacial score (nSPS) is 19.1. The molecule has 16 heavy (non-hydrogen) atoms. The van der Waals surface area contributed by atoms with Crippen LogP contribution < -0.4 is 5.32 Å². The van der Waals surface area contributed by atoms with Gasteiger partial charge in [-0.1, -0.05) is 6.42 Å². The number of alkyl carbamates (subject to hydrolysis) is 1. The molecule has 1 heterocycles. The van der Waals surface area contributed by atoms with Crippen LogP contribution in [-0.4, -0.2) is 55.0 Å². The van der Waals surface area contributed by atoms with Crippen molar-refractivity contribution in [3.8, 4) is 0 Å². The molecule has 1 amide bonds. The number of nitrogens with one attached hydrogen (secondary N) is 1. The number of aliphatic hydroxyl groups is 1. The van der Waals surface area contributed by atoms with Crippen molar-refractivity contribution in [1.82, 2.24) is 10.2 Å². The maximum Gasteiger partial charge on any atom is 0.407 e. The highest BCUT2D eigenvalue weighted by molar-refractivity contribution is 5.67. The van der Waals surface area contributed by atoms with Gasteiger partial charge in [0, 0.05) is 12.6 Å². The van der Waals surface area contributed by atoms with Crippen LogP contribution in [0.1, 0.15) is 26.2 Å². The summed E-state index contributed by atoms with van der Waals surface area (Å²) in [6.07, 6.45) is 3.37. The fourth-order valence-corrected chi connectivity index (χ4v) is 1.91. The second kappa shape index (κ2) is 7.46. The van der Waals surface area contributed by atoms with Gasteiger partial charge in [0.15, 0.2) is 0 Å². The Morgan fingerprint density at radius 3 is 2.75 bits per heavy atom. The van der Waals surface area contributed by atoms with E-state index in [2.05, 4.69) is 17.1 Å². The minimum atomic E-state index is -0.446. The third kappa shape index (κ3) is 4.81. The standard InChI is InChI=1S/C11H22N2O3/c1-10(13-5-3-2-4-6-13)9-12-11(15)16-8-7-14/h10,14H,2-9H2,1H3,(H,12,15).